The maximum Gasteiger partial charge on any atom is 0.327 e. The summed E-state index contributed by atoms with van der Waals surface area (Å²) >= 11 is 0. The van der Waals surface area contributed by atoms with Crippen molar-refractivity contribution in [2.45, 2.75) is 50.9 Å². The van der Waals surface area contributed by atoms with Crippen LogP contribution in [-0.4, -0.2) is 39.2 Å². The lowest BCUT2D eigenvalue weighted by molar-refractivity contribution is -0.355. The van der Waals surface area contributed by atoms with E-state index in [4.69, 9.17) is 5.11 Å². The van der Waals surface area contributed by atoms with E-state index in [1.807, 2.05) is 0 Å². The first-order valence-corrected chi connectivity index (χ1v) is 10.2. The molecule has 28 heavy (non-hydrogen) atoms. The number of nitrogens with one attached hydrogen (secondary N) is 1. The zero-order valence-electron chi connectivity index (χ0n) is 16.2. The summed E-state index contributed by atoms with van der Waals surface area (Å²) in [4.78, 5) is 17.1. The van der Waals surface area contributed by atoms with Crippen LogP contribution < -0.4 is 0 Å². The van der Waals surface area contributed by atoms with E-state index in [1.54, 1.807) is 13.0 Å². The first kappa shape index (κ1) is 16.8. The molecule has 1 aromatic carbocycles. The maximum absolute atomic E-state index is 15.9. The van der Waals surface area contributed by atoms with Gasteiger partial charge in [-0.1, -0.05) is 24.3 Å². The average Bonchev–Trinajstić information content (AvgIpc) is 2.91. The maximum atomic E-state index is 15.9. The van der Waals surface area contributed by atoms with Gasteiger partial charge in [-0.25, -0.2) is 9.18 Å². The number of hydrogen-bond acceptors (Lipinski definition) is 2. The molecule has 7 rings (SSSR count). The number of aromatic amines is 1. The number of H-pyrrole nitrogens is 1. The van der Waals surface area contributed by atoms with E-state index in [2.05, 4.69) is 41.1 Å². The van der Waals surface area contributed by atoms with Gasteiger partial charge in [0.25, 0.3) is 0 Å². The third kappa shape index (κ3) is 1.77. The zero-order chi connectivity index (χ0) is 19.5. The molecule has 146 valence electrons. The van der Waals surface area contributed by atoms with Crippen LogP contribution in [0.3, 0.4) is 0 Å². The number of alkyl halides is 1. The zero-order valence-corrected chi connectivity index (χ0v) is 16.2. The molecule has 0 radical (unpaired) electrons. The SMILES string of the molecule is C[C@@H]1Cc2c([nH]c3ccccc23)[C@@H]2N1CC(C)(F)C1C3(/C=C/C(=O)O)CC12C3. The van der Waals surface area contributed by atoms with E-state index in [0.29, 0.717) is 12.6 Å². The molecule has 5 heteroatoms. The van der Waals surface area contributed by atoms with Gasteiger partial charge in [-0.15, -0.1) is 0 Å². The normalized spacial score (nSPS) is 43.8. The Morgan fingerprint density at radius 2 is 2.11 bits per heavy atom. The molecule has 2 unspecified atom stereocenters. The Morgan fingerprint density at radius 1 is 1.36 bits per heavy atom. The van der Waals surface area contributed by atoms with E-state index in [1.165, 1.54) is 28.2 Å². The summed E-state index contributed by atoms with van der Waals surface area (Å²) in [5.74, 6) is -1.05. The molecule has 3 aliphatic carbocycles. The number of fused-ring (bicyclic) bond motifs is 5. The van der Waals surface area contributed by atoms with Crippen molar-refractivity contribution in [1.29, 1.82) is 0 Å². The molecular weight excluding hydrogens is 355 g/mol. The van der Waals surface area contributed by atoms with Gasteiger partial charge in [-0.2, -0.15) is 0 Å². The fraction of sp³-hybridized carbons (Fsp3) is 0.522. The first-order valence-electron chi connectivity index (χ1n) is 10.2. The fourth-order valence-electron chi connectivity index (χ4n) is 7.71. The number of aliphatic carboxylic acids is 1. The summed E-state index contributed by atoms with van der Waals surface area (Å²) in [5.41, 5.74) is 2.17. The van der Waals surface area contributed by atoms with Gasteiger partial charge in [0.1, 0.15) is 5.67 Å². The Morgan fingerprint density at radius 3 is 2.86 bits per heavy atom. The topological polar surface area (TPSA) is 56.3 Å². The molecule has 0 amide bonds. The molecule has 1 spiro atoms. The number of allylic oxidation sites excluding steroid dienone is 1. The second-order valence-corrected chi connectivity index (χ2v) is 9.89. The van der Waals surface area contributed by atoms with Crippen LogP contribution in [0, 0.1) is 16.7 Å². The molecule has 5 aliphatic rings. The van der Waals surface area contributed by atoms with Crippen LogP contribution in [0.15, 0.2) is 36.4 Å². The van der Waals surface area contributed by atoms with E-state index in [9.17, 15) is 4.79 Å². The highest BCUT2D eigenvalue weighted by Crippen LogP contribution is 2.86. The van der Waals surface area contributed by atoms with Gasteiger partial charge in [0.2, 0.25) is 0 Å². The van der Waals surface area contributed by atoms with Crippen molar-refractivity contribution in [3.05, 3.63) is 47.7 Å². The van der Waals surface area contributed by atoms with Crippen LogP contribution in [0.25, 0.3) is 10.9 Å². The molecular formula is C23H25FN2O2. The monoisotopic (exact) mass is 380 g/mol. The molecule has 2 aliphatic heterocycles. The minimum absolute atomic E-state index is 0.0884. The number of carbonyl (C=O) groups is 1. The summed E-state index contributed by atoms with van der Waals surface area (Å²) < 4.78 is 15.9. The number of nitrogens with zero attached hydrogens (tertiary/aromatic N) is 1. The Hall–Kier alpha value is -2.14. The van der Waals surface area contributed by atoms with Gasteiger partial charge in [-0.3, -0.25) is 4.90 Å². The number of carboxylic acids is 1. The van der Waals surface area contributed by atoms with Crippen molar-refractivity contribution in [2.75, 3.05) is 6.54 Å². The minimum Gasteiger partial charge on any atom is -0.478 e. The van der Waals surface area contributed by atoms with Crippen LogP contribution in [-0.2, 0) is 11.2 Å². The predicted molar refractivity (Wildman–Crippen MR) is 105 cm³/mol. The number of piperidine rings is 1. The molecule has 3 saturated carbocycles. The quantitative estimate of drug-likeness (QED) is 0.767. The first-order chi connectivity index (χ1) is 13.3. The minimum atomic E-state index is -1.30. The van der Waals surface area contributed by atoms with Crippen molar-refractivity contribution >= 4 is 16.9 Å². The molecule has 1 aromatic heterocycles. The number of halogens is 1. The Bertz CT molecular complexity index is 1050. The van der Waals surface area contributed by atoms with Crippen molar-refractivity contribution in [3.8, 4) is 0 Å². The number of carboxylic acid groups (broad SMARTS) is 1. The Balaban J connectivity index is 1.49. The molecule has 4 atom stereocenters. The number of rotatable bonds is 2. The Kier molecular flexibility index (Phi) is 2.92. The Labute approximate surface area is 163 Å². The lowest BCUT2D eigenvalue weighted by Gasteiger charge is -2.83. The van der Waals surface area contributed by atoms with E-state index in [-0.39, 0.29) is 22.8 Å². The highest BCUT2D eigenvalue weighted by molar-refractivity contribution is 5.85. The third-order valence-electron chi connectivity index (χ3n) is 8.18. The van der Waals surface area contributed by atoms with Gasteiger partial charge in [0.15, 0.2) is 0 Å². The van der Waals surface area contributed by atoms with Crippen molar-refractivity contribution in [2.24, 2.45) is 16.7 Å². The molecule has 2 N–H and O–H groups in total. The number of benzene rings is 1. The van der Waals surface area contributed by atoms with Gasteiger partial charge in [0.05, 0.1) is 6.04 Å². The van der Waals surface area contributed by atoms with Gasteiger partial charge in [-0.05, 0) is 55.6 Å². The summed E-state index contributed by atoms with van der Waals surface area (Å²) in [7, 11) is 0. The van der Waals surface area contributed by atoms with Crippen LogP contribution in [0.1, 0.15) is 44.0 Å². The second kappa shape index (κ2) is 4.88. The van der Waals surface area contributed by atoms with Crippen molar-refractivity contribution < 1.29 is 14.3 Å². The molecule has 3 heterocycles. The smallest absolute Gasteiger partial charge is 0.327 e. The summed E-state index contributed by atoms with van der Waals surface area (Å²) in [6.07, 6.45) is 5.72. The van der Waals surface area contributed by atoms with Gasteiger partial charge in [0, 0.05) is 41.2 Å². The van der Waals surface area contributed by atoms with Crippen LogP contribution in [0.2, 0.25) is 0 Å². The van der Waals surface area contributed by atoms with E-state index >= 15 is 4.39 Å². The number of hydrogen-bond donors (Lipinski definition) is 2. The molecule has 2 bridgehead atoms. The molecule has 2 aromatic rings. The van der Waals surface area contributed by atoms with E-state index < -0.39 is 11.6 Å². The lowest BCUT2D eigenvalue weighted by atomic mass is 9.23. The van der Waals surface area contributed by atoms with E-state index in [0.717, 1.165) is 19.3 Å². The molecule has 4 fully saturated rings. The predicted octanol–water partition coefficient (Wildman–Crippen LogP) is 4.23. The number of aromatic nitrogens is 1. The summed E-state index contributed by atoms with van der Waals surface area (Å²) in [5, 5.41) is 10.4. The van der Waals surface area contributed by atoms with Crippen LogP contribution in [0.4, 0.5) is 4.39 Å². The number of para-hydroxylation sites is 1. The summed E-state index contributed by atoms with van der Waals surface area (Å²) in [6.45, 7) is 4.38. The standard InChI is InChI=1S/C23H25FN2O2/c1-13-9-15-14-5-3-4-6-16(14)25-18(15)19-23-10-22(11-23,8-7-17(27)28)20(23)21(2,24)12-26(13)19/h3-8,13,19-20,25H,9-12H2,1-2H3,(H,27,28)/b8-7+/t13-,19+,20?,21?,22?,23?/m1/s1. The average molecular weight is 380 g/mol. The largest absolute Gasteiger partial charge is 0.478 e. The van der Waals surface area contributed by atoms with Gasteiger partial charge >= 0.3 is 5.97 Å². The summed E-state index contributed by atoms with van der Waals surface area (Å²) in [6, 6.07) is 8.95. The highest BCUT2D eigenvalue weighted by Gasteiger charge is 2.84. The van der Waals surface area contributed by atoms with Crippen molar-refractivity contribution in [1.82, 2.24) is 9.88 Å². The van der Waals surface area contributed by atoms with Crippen LogP contribution in [0.5, 0.6) is 0 Å². The fourth-order valence-corrected chi connectivity index (χ4v) is 7.71. The van der Waals surface area contributed by atoms with Gasteiger partial charge < -0.3 is 10.1 Å². The molecule has 1 saturated heterocycles. The van der Waals surface area contributed by atoms with Crippen LogP contribution >= 0.6 is 0 Å². The highest BCUT2D eigenvalue weighted by atomic mass is 19.1. The lowest BCUT2D eigenvalue weighted by Crippen LogP contribution is -2.82. The molecule has 4 nitrogen and oxygen atoms in total. The van der Waals surface area contributed by atoms with Crippen molar-refractivity contribution in [3.63, 3.8) is 0 Å². The second-order valence-electron chi connectivity index (χ2n) is 9.89. The third-order valence-corrected chi connectivity index (χ3v) is 8.18.